The number of hydrogen-bond donors (Lipinski definition) is 0. The fourth-order valence-corrected chi connectivity index (χ4v) is 0.711. The summed E-state index contributed by atoms with van der Waals surface area (Å²) in [6, 6.07) is 3.83. The first-order valence-corrected chi connectivity index (χ1v) is 3.41. The van der Waals surface area contributed by atoms with Crippen LogP contribution < -0.4 is 10.6 Å². The van der Waals surface area contributed by atoms with Crippen LogP contribution in [0.4, 0.5) is 0 Å². The molecule has 0 amide bonds. The van der Waals surface area contributed by atoms with Crippen molar-refractivity contribution in [3.8, 4) is 0 Å². The smallest absolute Gasteiger partial charge is 0.0653 e. The Balaban J connectivity index is 0.000000461. The normalized spacial score (nSPS) is 10.1. The second kappa shape index (κ2) is 5.42. The molecule has 0 atom stereocenters. The molecule has 1 heterocycles. The number of aromatic nitrogens is 1. The lowest BCUT2D eigenvalue weighted by atomic mass is 10.3. The lowest BCUT2D eigenvalue weighted by Gasteiger charge is -1.82. The summed E-state index contributed by atoms with van der Waals surface area (Å²) in [5.41, 5.74) is 0. The van der Waals surface area contributed by atoms with Crippen LogP contribution in [-0.4, -0.2) is 4.98 Å². The Bertz CT molecular complexity index is 301. The first-order valence-electron chi connectivity index (χ1n) is 3.41. The van der Waals surface area contributed by atoms with Gasteiger partial charge in [-0.3, -0.25) is 4.98 Å². The van der Waals surface area contributed by atoms with E-state index in [1.54, 1.807) is 6.20 Å². The van der Waals surface area contributed by atoms with Gasteiger partial charge < -0.3 is 0 Å². The Hall–Kier alpha value is -1.37. The molecule has 0 unspecified atom stereocenters. The first kappa shape index (κ1) is 9.63. The molecular formula is C10H13N. The molecule has 1 aromatic rings. The van der Waals surface area contributed by atoms with Gasteiger partial charge >= 0.3 is 0 Å². The van der Waals surface area contributed by atoms with Gasteiger partial charge in [0.25, 0.3) is 0 Å². The third kappa shape index (κ3) is 2.80. The molecule has 0 aromatic carbocycles. The average Bonchev–Trinajstić information content (AvgIpc) is 2.09. The van der Waals surface area contributed by atoms with E-state index in [9.17, 15) is 0 Å². The summed E-state index contributed by atoms with van der Waals surface area (Å²) in [6.45, 7) is 11.8. The van der Waals surface area contributed by atoms with Crippen molar-refractivity contribution < 1.29 is 0 Å². The summed E-state index contributed by atoms with van der Waals surface area (Å²) in [5.74, 6) is 0. The van der Waals surface area contributed by atoms with Gasteiger partial charge in [0.1, 0.15) is 0 Å². The summed E-state index contributed by atoms with van der Waals surface area (Å²) < 4.78 is 0. The minimum absolute atomic E-state index is 0.970. The van der Waals surface area contributed by atoms with Crippen molar-refractivity contribution in [2.45, 2.75) is 6.92 Å². The largest absolute Gasteiger partial charge is 0.257 e. The molecular weight excluding hydrogens is 134 g/mol. The Labute approximate surface area is 67.4 Å². The minimum Gasteiger partial charge on any atom is -0.257 e. The van der Waals surface area contributed by atoms with Gasteiger partial charge in [-0.05, 0) is 18.2 Å². The molecule has 58 valence electrons. The van der Waals surface area contributed by atoms with Crippen molar-refractivity contribution in [1.82, 2.24) is 4.98 Å². The van der Waals surface area contributed by atoms with Crippen molar-refractivity contribution in [2.24, 2.45) is 0 Å². The van der Waals surface area contributed by atoms with Crippen molar-refractivity contribution in [3.05, 3.63) is 42.1 Å². The molecule has 0 saturated carbocycles. The fourth-order valence-electron chi connectivity index (χ4n) is 0.711. The number of nitrogens with zero attached hydrogens (tertiary/aromatic N) is 1. The van der Waals surface area contributed by atoms with Crippen LogP contribution in [0.5, 0.6) is 0 Å². The van der Waals surface area contributed by atoms with Crippen LogP contribution in [0.25, 0.3) is 12.7 Å². The maximum atomic E-state index is 4.08. The third-order valence-electron chi connectivity index (χ3n) is 1.20. The van der Waals surface area contributed by atoms with Crippen LogP contribution in [0.1, 0.15) is 6.92 Å². The first-order chi connectivity index (χ1) is 5.34. The van der Waals surface area contributed by atoms with Gasteiger partial charge in [-0.2, -0.15) is 0 Å². The van der Waals surface area contributed by atoms with E-state index < -0.39 is 0 Å². The molecule has 0 N–H and O–H groups in total. The van der Waals surface area contributed by atoms with Gasteiger partial charge in [0.15, 0.2) is 0 Å². The van der Waals surface area contributed by atoms with E-state index in [1.807, 2.05) is 25.1 Å². The maximum Gasteiger partial charge on any atom is 0.0653 e. The fraction of sp³-hybridized carbons (Fsp3) is 0.100. The number of hydrogen-bond acceptors (Lipinski definition) is 1. The molecule has 0 saturated heterocycles. The molecule has 1 heteroatoms. The van der Waals surface area contributed by atoms with E-state index in [0.29, 0.717) is 0 Å². The standard InChI is InChI=1S/C8H9N.C2H4/c1-3-8-7(2)5-4-6-9-8;1-2/h3-6H,2H2,1H3;1-2H2/b8-3+;. The quantitative estimate of drug-likeness (QED) is 0.501. The lowest BCUT2D eigenvalue weighted by molar-refractivity contribution is 1.22. The molecule has 0 spiro atoms. The lowest BCUT2D eigenvalue weighted by Crippen LogP contribution is -2.24. The summed E-state index contributed by atoms with van der Waals surface area (Å²) in [6.07, 6.45) is 3.71. The SMILES string of the molecule is C=C.C=c1cccn/c1=C/C. The topological polar surface area (TPSA) is 12.9 Å². The molecule has 0 aliphatic heterocycles. The van der Waals surface area contributed by atoms with Gasteiger partial charge in [-0.15, -0.1) is 13.2 Å². The predicted molar refractivity (Wildman–Crippen MR) is 50.4 cm³/mol. The Morgan fingerprint density at radius 3 is 2.45 bits per heavy atom. The van der Waals surface area contributed by atoms with Gasteiger partial charge in [-0.1, -0.05) is 18.7 Å². The molecule has 0 radical (unpaired) electrons. The van der Waals surface area contributed by atoms with Crippen molar-refractivity contribution in [2.75, 3.05) is 0 Å². The van der Waals surface area contributed by atoms with Gasteiger partial charge in [0.2, 0.25) is 0 Å². The zero-order valence-electron chi connectivity index (χ0n) is 6.88. The van der Waals surface area contributed by atoms with E-state index in [-0.39, 0.29) is 0 Å². The van der Waals surface area contributed by atoms with E-state index in [1.165, 1.54) is 0 Å². The molecule has 1 nitrogen and oxygen atoms in total. The predicted octanol–water partition coefficient (Wildman–Crippen LogP) is 1.09. The van der Waals surface area contributed by atoms with Crippen LogP contribution in [0.3, 0.4) is 0 Å². The highest BCUT2D eigenvalue weighted by molar-refractivity contribution is 5.18. The molecule has 0 bridgehead atoms. The Kier molecular flexibility index (Phi) is 4.74. The van der Waals surface area contributed by atoms with Crippen LogP contribution >= 0.6 is 0 Å². The summed E-state index contributed by atoms with van der Waals surface area (Å²) in [4.78, 5) is 4.08. The van der Waals surface area contributed by atoms with Gasteiger partial charge in [0.05, 0.1) is 5.35 Å². The number of rotatable bonds is 0. The monoisotopic (exact) mass is 147 g/mol. The average molecular weight is 147 g/mol. The number of pyridine rings is 1. The minimum atomic E-state index is 0.970. The van der Waals surface area contributed by atoms with Crippen molar-refractivity contribution in [1.29, 1.82) is 0 Å². The second-order valence-electron chi connectivity index (χ2n) is 1.84. The van der Waals surface area contributed by atoms with E-state index in [2.05, 4.69) is 24.7 Å². The molecule has 0 aliphatic rings. The highest BCUT2D eigenvalue weighted by atomic mass is 14.6. The van der Waals surface area contributed by atoms with Gasteiger partial charge in [0, 0.05) is 6.20 Å². The summed E-state index contributed by atoms with van der Waals surface area (Å²) in [7, 11) is 0. The van der Waals surface area contributed by atoms with Crippen LogP contribution in [0.15, 0.2) is 31.5 Å². The zero-order valence-corrected chi connectivity index (χ0v) is 6.88. The molecule has 1 rings (SSSR count). The van der Waals surface area contributed by atoms with E-state index in [4.69, 9.17) is 0 Å². The molecule has 11 heavy (non-hydrogen) atoms. The van der Waals surface area contributed by atoms with E-state index >= 15 is 0 Å². The summed E-state index contributed by atoms with van der Waals surface area (Å²) >= 11 is 0. The summed E-state index contributed by atoms with van der Waals surface area (Å²) in [5, 5.41) is 1.96. The van der Waals surface area contributed by atoms with Crippen LogP contribution in [0, 0.1) is 0 Å². The molecule has 0 fully saturated rings. The highest BCUT2D eigenvalue weighted by Gasteiger charge is 1.75. The Morgan fingerprint density at radius 2 is 2.09 bits per heavy atom. The zero-order chi connectivity index (χ0) is 8.69. The molecule has 0 aliphatic carbocycles. The maximum absolute atomic E-state index is 4.08. The third-order valence-corrected chi connectivity index (χ3v) is 1.20. The highest BCUT2D eigenvalue weighted by Crippen LogP contribution is 1.62. The molecule has 1 aromatic heterocycles. The van der Waals surface area contributed by atoms with Gasteiger partial charge in [-0.25, -0.2) is 0 Å². The van der Waals surface area contributed by atoms with Crippen molar-refractivity contribution in [3.63, 3.8) is 0 Å². The van der Waals surface area contributed by atoms with Crippen LogP contribution in [-0.2, 0) is 0 Å². The van der Waals surface area contributed by atoms with E-state index in [0.717, 1.165) is 10.6 Å². The second-order valence-corrected chi connectivity index (χ2v) is 1.84. The Morgan fingerprint density at radius 1 is 1.45 bits per heavy atom. The van der Waals surface area contributed by atoms with Crippen LogP contribution in [0.2, 0.25) is 0 Å². The van der Waals surface area contributed by atoms with Crippen molar-refractivity contribution >= 4 is 12.7 Å².